The Bertz CT molecular complexity index is 534. The van der Waals surface area contributed by atoms with E-state index in [1.54, 1.807) is 0 Å². The zero-order chi connectivity index (χ0) is 16.4. The Balaban J connectivity index is 1.23. The minimum absolute atomic E-state index is 0.0703. The normalized spacial score (nSPS) is 27.6. The third kappa shape index (κ3) is 3.56. The van der Waals surface area contributed by atoms with Gasteiger partial charge in [0.15, 0.2) is 0 Å². The lowest BCUT2D eigenvalue weighted by atomic mass is 9.81. The van der Waals surface area contributed by atoms with Gasteiger partial charge in [0.05, 0.1) is 12.2 Å². The van der Waals surface area contributed by atoms with Gasteiger partial charge in [-0.05, 0) is 49.1 Å². The molecule has 0 aromatic carbocycles. The molecule has 3 aliphatic rings. The van der Waals surface area contributed by atoms with Crippen LogP contribution in [0, 0.1) is 18.8 Å². The molecule has 3 aliphatic heterocycles. The third-order valence-electron chi connectivity index (χ3n) is 5.93. The van der Waals surface area contributed by atoms with Crippen LogP contribution < -0.4 is 0 Å². The summed E-state index contributed by atoms with van der Waals surface area (Å²) in [5, 5.41) is 2.19. The molecule has 0 saturated carbocycles. The summed E-state index contributed by atoms with van der Waals surface area (Å²) in [6.07, 6.45) is 3.46. The standard InChI is InChI=1S/C19H29NO3S/c1-15-5-9-24-18(15)10-20-13-19(14-20)17(4-8-23-19)12-22-11-16-2-6-21-7-3-16/h5,9,16-17H,2-4,6-8,10-14H2,1H3. The number of ether oxygens (including phenoxy) is 3. The van der Waals surface area contributed by atoms with Crippen LogP contribution in [0.4, 0.5) is 0 Å². The summed E-state index contributed by atoms with van der Waals surface area (Å²) in [5.41, 5.74) is 1.49. The number of thiophene rings is 1. The van der Waals surface area contributed by atoms with Crippen molar-refractivity contribution < 1.29 is 14.2 Å². The van der Waals surface area contributed by atoms with Crippen LogP contribution in [0.5, 0.6) is 0 Å². The van der Waals surface area contributed by atoms with E-state index in [0.29, 0.717) is 11.8 Å². The molecule has 0 aliphatic carbocycles. The maximum absolute atomic E-state index is 6.17. The number of hydrogen-bond donors (Lipinski definition) is 0. The highest BCUT2D eigenvalue weighted by Gasteiger charge is 2.52. The fraction of sp³-hybridized carbons (Fsp3) is 0.789. The monoisotopic (exact) mass is 351 g/mol. The molecule has 0 radical (unpaired) electrons. The van der Waals surface area contributed by atoms with Gasteiger partial charge in [-0.2, -0.15) is 0 Å². The molecule has 1 aromatic heterocycles. The average molecular weight is 352 g/mol. The van der Waals surface area contributed by atoms with E-state index in [4.69, 9.17) is 14.2 Å². The Labute approximate surface area is 149 Å². The molecular weight excluding hydrogens is 322 g/mol. The number of likely N-dealkylation sites (tertiary alicyclic amines) is 1. The predicted molar refractivity (Wildman–Crippen MR) is 95.5 cm³/mol. The quantitative estimate of drug-likeness (QED) is 0.788. The topological polar surface area (TPSA) is 30.9 Å². The van der Waals surface area contributed by atoms with Crippen molar-refractivity contribution >= 4 is 11.3 Å². The summed E-state index contributed by atoms with van der Waals surface area (Å²) in [5.74, 6) is 1.26. The second-order valence-electron chi connectivity index (χ2n) is 7.66. The highest BCUT2D eigenvalue weighted by molar-refractivity contribution is 7.10. The summed E-state index contributed by atoms with van der Waals surface area (Å²) in [6, 6.07) is 2.22. The van der Waals surface area contributed by atoms with Gasteiger partial charge in [-0.1, -0.05) is 0 Å². The van der Waals surface area contributed by atoms with Crippen molar-refractivity contribution in [2.45, 2.75) is 38.3 Å². The van der Waals surface area contributed by atoms with E-state index in [1.165, 1.54) is 10.4 Å². The minimum Gasteiger partial charge on any atom is -0.381 e. The molecule has 4 heterocycles. The molecule has 1 unspecified atom stereocenters. The van der Waals surface area contributed by atoms with Crippen molar-refractivity contribution in [1.29, 1.82) is 0 Å². The Hall–Kier alpha value is -0.460. The summed E-state index contributed by atoms with van der Waals surface area (Å²) in [4.78, 5) is 4.02. The van der Waals surface area contributed by atoms with E-state index in [0.717, 1.165) is 71.9 Å². The minimum atomic E-state index is 0.0703. The molecule has 134 valence electrons. The smallest absolute Gasteiger partial charge is 0.0985 e. The highest BCUT2D eigenvalue weighted by atomic mass is 32.1. The maximum atomic E-state index is 6.17. The highest BCUT2D eigenvalue weighted by Crippen LogP contribution is 2.41. The summed E-state index contributed by atoms with van der Waals surface area (Å²) < 4.78 is 17.7. The molecule has 4 nitrogen and oxygen atoms in total. The number of nitrogens with zero attached hydrogens (tertiary/aromatic N) is 1. The first-order valence-electron chi connectivity index (χ1n) is 9.30. The van der Waals surface area contributed by atoms with Crippen molar-refractivity contribution in [3.05, 3.63) is 21.9 Å². The van der Waals surface area contributed by atoms with Gasteiger partial charge in [0.2, 0.25) is 0 Å². The summed E-state index contributed by atoms with van der Waals surface area (Å²) in [6.45, 7) is 9.88. The Morgan fingerprint density at radius 3 is 2.79 bits per heavy atom. The van der Waals surface area contributed by atoms with E-state index in [2.05, 4.69) is 23.3 Å². The van der Waals surface area contributed by atoms with Crippen molar-refractivity contribution in [2.24, 2.45) is 11.8 Å². The van der Waals surface area contributed by atoms with Gasteiger partial charge >= 0.3 is 0 Å². The number of hydrogen-bond acceptors (Lipinski definition) is 5. The Morgan fingerprint density at radius 2 is 2.04 bits per heavy atom. The molecule has 5 heteroatoms. The number of rotatable bonds is 6. The van der Waals surface area contributed by atoms with E-state index in [9.17, 15) is 0 Å². The summed E-state index contributed by atoms with van der Waals surface area (Å²) >= 11 is 1.87. The molecule has 1 aromatic rings. The molecule has 0 N–H and O–H groups in total. The van der Waals surface area contributed by atoms with Gasteiger partial charge in [-0.25, -0.2) is 0 Å². The molecule has 24 heavy (non-hydrogen) atoms. The van der Waals surface area contributed by atoms with Crippen molar-refractivity contribution in [3.8, 4) is 0 Å². The van der Waals surface area contributed by atoms with E-state index in [-0.39, 0.29) is 5.60 Å². The average Bonchev–Trinajstić information content (AvgIpc) is 3.15. The van der Waals surface area contributed by atoms with Crippen molar-refractivity contribution in [1.82, 2.24) is 4.90 Å². The van der Waals surface area contributed by atoms with Crippen LogP contribution >= 0.6 is 11.3 Å². The second-order valence-corrected chi connectivity index (χ2v) is 8.66. The fourth-order valence-electron chi connectivity index (χ4n) is 4.25. The van der Waals surface area contributed by atoms with Crippen molar-refractivity contribution in [2.75, 3.05) is 46.1 Å². The zero-order valence-corrected chi connectivity index (χ0v) is 15.5. The summed E-state index contributed by atoms with van der Waals surface area (Å²) in [7, 11) is 0. The Morgan fingerprint density at radius 1 is 1.21 bits per heavy atom. The number of aryl methyl sites for hydroxylation is 1. The third-order valence-corrected chi connectivity index (χ3v) is 6.94. The molecule has 1 spiro atoms. The first kappa shape index (κ1) is 17.0. The Kier molecular flexibility index (Phi) is 5.25. The van der Waals surface area contributed by atoms with Gasteiger partial charge < -0.3 is 14.2 Å². The molecular formula is C19H29NO3S. The van der Waals surface area contributed by atoms with Gasteiger partial charge in [0.1, 0.15) is 0 Å². The first-order chi connectivity index (χ1) is 11.8. The zero-order valence-electron chi connectivity index (χ0n) is 14.7. The van der Waals surface area contributed by atoms with Crippen LogP contribution in [-0.2, 0) is 20.8 Å². The lowest BCUT2D eigenvalue weighted by molar-refractivity contribution is -0.147. The van der Waals surface area contributed by atoms with Crippen LogP contribution in [-0.4, -0.2) is 56.6 Å². The molecule has 3 fully saturated rings. The molecule has 1 atom stereocenters. The van der Waals surface area contributed by atoms with Crippen LogP contribution in [0.2, 0.25) is 0 Å². The van der Waals surface area contributed by atoms with Gasteiger partial charge in [0.25, 0.3) is 0 Å². The van der Waals surface area contributed by atoms with Crippen LogP contribution in [0.25, 0.3) is 0 Å². The lowest BCUT2D eigenvalue weighted by Gasteiger charge is -2.50. The van der Waals surface area contributed by atoms with E-state index >= 15 is 0 Å². The van der Waals surface area contributed by atoms with Gasteiger partial charge in [-0.3, -0.25) is 4.90 Å². The maximum Gasteiger partial charge on any atom is 0.0985 e. The second kappa shape index (κ2) is 7.42. The van der Waals surface area contributed by atoms with Gasteiger partial charge in [-0.15, -0.1) is 11.3 Å². The lowest BCUT2D eigenvalue weighted by Crippen LogP contribution is -2.64. The van der Waals surface area contributed by atoms with E-state index in [1.807, 2.05) is 11.3 Å². The SMILES string of the molecule is Cc1ccsc1CN1CC2(C1)OCCC2COCC1CCOCC1. The van der Waals surface area contributed by atoms with Crippen LogP contribution in [0.3, 0.4) is 0 Å². The fourth-order valence-corrected chi connectivity index (χ4v) is 5.20. The van der Waals surface area contributed by atoms with Crippen molar-refractivity contribution in [3.63, 3.8) is 0 Å². The van der Waals surface area contributed by atoms with Gasteiger partial charge in [0, 0.05) is 56.9 Å². The molecule has 0 amide bonds. The van der Waals surface area contributed by atoms with E-state index < -0.39 is 0 Å². The molecule has 0 bridgehead atoms. The van der Waals surface area contributed by atoms with Crippen LogP contribution in [0.1, 0.15) is 29.7 Å². The predicted octanol–water partition coefficient (Wildman–Crippen LogP) is 3.09. The molecule has 3 saturated heterocycles. The largest absolute Gasteiger partial charge is 0.381 e. The first-order valence-corrected chi connectivity index (χ1v) is 10.2. The van der Waals surface area contributed by atoms with Crippen LogP contribution in [0.15, 0.2) is 11.4 Å². The molecule has 4 rings (SSSR count).